The van der Waals surface area contributed by atoms with Gasteiger partial charge in [0.2, 0.25) is 5.91 Å². The summed E-state index contributed by atoms with van der Waals surface area (Å²) in [6.07, 6.45) is 0.794. The molecule has 0 heterocycles. The maximum atomic E-state index is 11.9. The number of carbonyl (C=O) groups excluding carboxylic acids is 1. The molecule has 0 bridgehead atoms. The highest BCUT2D eigenvalue weighted by Crippen LogP contribution is 2.16. The number of carbonyl (C=O) groups is 1. The van der Waals surface area contributed by atoms with Crippen molar-refractivity contribution in [1.82, 2.24) is 10.6 Å². The fourth-order valence-electron chi connectivity index (χ4n) is 2.36. The molecular weight excluding hydrogens is 304 g/mol. The summed E-state index contributed by atoms with van der Waals surface area (Å²) in [6, 6.07) is 15.6. The molecule has 0 aliphatic heterocycles. The van der Waals surface area contributed by atoms with Gasteiger partial charge in [-0.3, -0.25) is 4.79 Å². The van der Waals surface area contributed by atoms with Crippen LogP contribution in [-0.4, -0.2) is 33.2 Å². The molecule has 0 spiro atoms. The number of benzene rings is 2. The highest BCUT2D eigenvalue weighted by Gasteiger charge is 2.04. The lowest BCUT2D eigenvalue weighted by molar-refractivity contribution is -0.120. The van der Waals surface area contributed by atoms with Crippen molar-refractivity contribution in [2.45, 2.75) is 13.0 Å². The summed E-state index contributed by atoms with van der Waals surface area (Å²) in [4.78, 5) is 11.9. The van der Waals surface area contributed by atoms with Crippen molar-refractivity contribution < 1.29 is 14.3 Å². The van der Waals surface area contributed by atoms with Gasteiger partial charge in [0.1, 0.15) is 11.5 Å². The molecule has 1 amide bonds. The molecule has 128 valence electrons. The number of para-hydroxylation sites is 1. The van der Waals surface area contributed by atoms with E-state index in [9.17, 15) is 4.79 Å². The molecule has 0 fully saturated rings. The monoisotopic (exact) mass is 328 g/mol. The molecule has 5 nitrogen and oxygen atoms in total. The van der Waals surface area contributed by atoms with Gasteiger partial charge >= 0.3 is 0 Å². The fourth-order valence-corrected chi connectivity index (χ4v) is 2.36. The Balaban J connectivity index is 1.66. The predicted molar refractivity (Wildman–Crippen MR) is 94.4 cm³/mol. The number of rotatable bonds is 9. The third kappa shape index (κ3) is 5.59. The molecular formula is C19H24N2O3. The summed E-state index contributed by atoms with van der Waals surface area (Å²) < 4.78 is 10.4. The van der Waals surface area contributed by atoms with E-state index in [-0.39, 0.29) is 12.5 Å². The Morgan fingerprint density at radius 2 is 1.75 bits per heavy atom. The SMILES string of the molecule is COc1ccc(CCNC(=O)CNCc2ccccc2OC)cc1. The van der Waals surface area contributed by atoms with Gasteiger partial charge in [0.25, 0.3) is 0 Å². The second kappa shape index (κ2) is 9.57. The molecule has 24 heavy (non-hydrogen) atoms. The van der Waals surface area contributed by atoms with E-state index < -0.39 is 0 Å². The molecule has 0 saturated heterocycles. The van der Waals surface area contributed by atoms with Crippen LogP contribution in [0.25, 0.3) is 0 Å². The Morgan fingerprint density at radius 1 is 1.00 bits per heavy atom. The van der Waals surface area contributed by atoms with Gasteiger partial charge in [0, 0.05) is 18.7 Å². The van der Waals surface area contributed by atoms with Crippen molar-refractivity contribution in [2.24, 2.45) is 0 Å². The Kier molecular flexibility index (Phi) is 7.11. The van der Waals surface area contributed by atoms with Crippen molar-refractivity contribution in [2.75, 3.05) is 27.3 Å². The molecule has 0 aliphatic carbocycles. The van der Waals surface area contributed by atoms with Crippen molar-refractivity contribution in [3.05, 3.63) is 59.7 Å². The molecule has 0 aromatic heterocycles. The van der Waals surface area contributed by atoms with E-state index in [1.807, 2.05) is 48.5 Å². The first-order valence-electron chi connectivity index (χ1n) is 7.95. The molecule has 5 heteroatoms. The lowest BCUT2D eigenvalue weighted by atomic mass is 10.1. The zero-order valence-corrected chi connectivity index (χ0v) is 14.2. The van der Waals surface area contributed by atoms with E-state index in [2.05, 4.69) is 10.6 Å². The minimum Gasteiger partial charge on any atom is -0.497 e. The summed E-state index contributed by atoms with van der Waals surface area (Å²) in [5.74, 6) is 1.65. The van der Waals surface area contributed by atoms with Gasteiger partial charge in [-0.25, -0.2) is 0 Å². The van der Waals surface area contributed by atoms with Crippen molar-refractivity contribution >= 4 is 5.91 Å². The average molecular weight is 328 g/mol. The van der Waals surface area contributed by atoms with Crippen LogP contribution in [0.15, 0.2) is 48.5 Å². The Morgan fingerprint density at radius 3 is 2.46 bits per heavy atom. The van der Waals surface area contributed by atoms with Crippen LogP contribution in [0.4, 0.5) is 0 Å². The molecule has 0 aliphatic rings. The normalized spacial score (nSPS) is 10.2. The topological polar surface area (TPSA) is 59.6 Å². The maximum Gasteiger partial charge on any atom is 0.233 e. The second-order valence-corrected chi connectivity index (χ2v) is 5.36. The Hall–Kier alpha value is -2.53. The number of hydrogen-bond acceptors (Lipinski definition) is 4. The standard InChI is InChI=1S/C19H24N2O3/c1-23-17-9-7-15(8-10-17)11-12-21-19(22)14-20-13-16-5-3-4-6-18(16)24-2/h3-10,20H,11-14H2,1-2H3,(H,21,22). The number of amides is 1. The third-order valence-corrected chi connectivity index (χ3v) is 3.69. The first kappa shape index (κ1) is 17.8. The Bertz CT molecular complexity index is 641. The van der Waals surface area contributed by atoms with Crippen molar-refractivity contribution in [3.8, 4) is 11.5 Å². The quantitative estimate of drug-likeness (QED) is 0.740. The van der Waals surface area contributed by atoms with Gasteiger partial charge in [-0.15, -0.1) is 0 Å². The largest absolute Gasteiger partial charge is 0.497 e. The van der Waals surface area contributed by atoms with E-state index in [0.717, 1.165) is 29.0 Å². The van der Waals surface area contributed by atoms with Crippen LogP contribution < -0.4 is 20.1 Å². The predicted octanol–water partition coefficient (Wildman–Crippen LogP) is 2.15. The summed E-state index contributed by atoms with van der Waals surface area (Å²) in [5, 5.41) is 6.04. The molecule has 2 N–H and O–H groups in total. The number of methoxy groups -OCH3 is 2. The van der Waals surface area contributed by atoms with Crippen LogP contribution in [0.1, 0.15) is 11.1 Å². The molecule has 0 atom stereocenters. The molecule has 2 aromatic carbocycles. The Labute approximate surface area is 143 Å². The zero-order valence-electron chi connectivity index (χ0n) is 14.2. The third-order valence-electron chi connectivity index (χ3n) is 3.69. The van der Waals surface area contributed by atoms with Crippen LogP contribution in [0.2, 0.25) is 0 Å². The van der Waals surface area contributed by atoms with Gasteiger partial charge in [-0.05, 0) is 30.2 Å². The highest BCUT2D eigenvalue weighted by atomic mass is 16.5. The van der Waals surface area contributed by atoms with E-state index in [4.69, 9.17) is 9.47 Å². The summed E-state index contributed by atoms with van der Waals surface area (Å²) in [5.41, 5.74) is 2.20. The van der Waals surface area contributed by atoms with E-state index in [1.54, 1.807) is 14.2 Å². The van der Waals surface area contributed by atoms with Crippen LogP contribution in [0, 0.1) is 0 Å². The van der Waals surface area contributed by atoms with Crippen LogP contribution in [0.5, 0.6) is 11.5 Å². The molecule has 2 rings (SSSR count). The van der Waals surface area contributed by atoms with E-state index >= 15 is 0 Å². The minimum absolute atomic E-state index is 0.0154. The second-order valence-electron chi connectivity index (χ2n) is 5.36. The maximum absolute atomic E-state index is 11.9. The fraction of sp³-hybridized carbons (Fsp3) is 0.316. The number of hydrogen-bond donors (Lipinski definition) is 2. The van der Waals surface area contributed by atoms with Gasteiger partial charge in [0.05, 0.1) is 20.8 Å². The zero-order chi connectivity index (χ0) is 17.2. The lowest BCUT2D eigenvalue weighted by Crippen LogP contribution is -2.34. The highest BCUT2D eigenvalue weighted by molar-refractivity contribution is 5.77. The summed E-state index contributed by atoms with van der Waals surface area (Å²) in [6.45, 7) is 1.48. The minimum atomic E-state index is -0.0154. The van der Waals surface area contributed by atoms with E-state index in [1.165, 1.54) is 0 Å². The van der Waals surface area contributed by atoms with Gasteiger partial charge in [-0.2, -0.15) is 0 Å². The van der Waals surface area contributed by atoms with Crippen LogP contribution in [0.3, 0.4) is 0 Å². The summed E-state index contributed by atoms with van der Waals surface area (Å²) >= 11 is 0. The number of ether oxygens (including phenoxy) is 2. The first-order valence-corrected chi connectivity index (χ1v) is 7.95. The lowest BCUT2D eigenvalue weighted by Gasteiger charge is -2.10. The van der Waals surface area contributed by atoms with Crippen LogP contribution in [-0.2, 0) is 17.8 Å². The molecule has 0 unspecified atom stereocenters. The molecule has 2 aromatic rings. The first-order chi connectivity index (χ1) is 11.7. The van der Waals surface area contributed by atoms with Crippen molar-refractivity contribution in [1.29, 1.82) is 0 Å². The van der Waals surface area contributed by atoms with Crippen molar-refractivity contribution in [3.63, 3.8) is 0 Å². The van der Waals surface area contributed by atoms with Crippen LogP contribution >= 0.6 is 0 Å². The summed E-state index contributed by atoms with van der Waals surface area (Å²) in [7, 11) is 3.29. The van der Waals surface area contributed by atoms with Gasteiger partial charge in [-0.1, -0.05) is 30.3 Å². The smallest absolute Gasteiger partial charge is 0.233 e. The molecule has 0 saturated carbocycles. The number of nitrogens with one attached hydrogen (secondary N) is 2. The average Bonchev–Trinajstić information content (AvgIpc) is 2.62. The van der Waals surface area contributed by atoms with Gasteiger partial charge in [0.15, 0.2) is 0 Å². The van der Waals surface area contributed by atoms with E-state index in [0.29, 0.717) is 13.1 Å². The molecule has 0 radical (unpaired) electrons. The van der Waals surface area contributed by atoms with Gasteiger partial charge < -0.3 is 20.1 Å².